The van der Waals surface area contributed by atoms with Gasteiger partial charge in [-0.3, -0.25) is 4.52 Å². The van der Waals surface area contributed by atoms with E-state index in [0.717, 1.165) is 24.8 Å². The minimum absolute atomic E-state index is 0.00320. The monoisotopic (exact) mass is 723 g/mol. The Hall–Kier alpha value is -1.25. The van der Waals surface area contributed by atoms with Crippen LogP contribution < -0.4 is 0 Å². The molecule has 0 amide bonds. The van der Waals surface area contributed by atoms with Crippen molar-refractivity contribution in [3.05, 3.63) is 69.3 Å². The second-order valence-corrected chi connectivity index (χ2v) is 20.9. The molecular formula is C47H79O3P. The van der Waals surface area contributed by atoms with Crippen molar-refractivity contribution in [2.24, 2.45) is 5.92 Å². The summed E-state index contributed by atoms with van der Waals surface area (Å²) in [7, 11) is -2.63. The first-order chi connectivity index (χ1) is 23.6. The Morgan fingerprint density at radius 3 is 1.47 bits per heavy atom. The number of benzene rings is 2. The third-order valence-corrected chi connectivity index (χ3v) is 12.0. The van der Waals surface area contributed by atoms with E-state index in [4.69, 9.17) is 4.52 Å². The van der Waals surface area contributed by atoms with Crippen molar-refractivity contribution in [1.82, 2.24) is 0 Å². The Bertz CT molecular complexity index is 1360. The van der Waals surface area contributed by atoms with Gasteiger partial charge in [-0.15, -0.1) is 0 Å². The Kier molecular flexibility index (Phi) is 15.9. The van der Waals surface area contributed by atoms with Gasteiger partial charge in [-0.2, -0.15) is 0 Å². The molecule has 2 N–H and O–H groups in total. The molecule has 2 aromatic carbocycles. The Labute approximate surface area is 317 Å². The highest BCUT2D eigenvalue weighted by Gasteiger charge is 2.54. The molecule has 0 saturated carbocycles. The zero-order valence-corrected chi connectivity index (χ0v) is 36.4. The maximum Gasteiger partial charge on any atom is 0.328 e. The van der Waals surface area contributed by atoms with E-state index in [-0.39, 0.29) is 27.6 Å². The second kappa shape index (κ2) is 18.4. The smallest absolute Gasteiger partial charge is 0.328 e. The van der Waals surface area contributed by atoms with Crippen LogP contribution in [0.5, 0.6) is 0 Å². The van der Waals surface area contributed by atoms with Crippen LogP contribution in [0.15, 0.2) is 30.3 Å². The summed E-state index contributed by atoms with van der Waals surface area (Å²) in [5.41, 5.74) is 7.47. The number of hydrogen-bond donors (Lipinski definition) is 2. The molecule has 3 nitrogen and oxygen atoms in total. The van der Waals surface area contributed by atoms with E-state index >= 15 is 0 Å². The second-order valence-electron chi connectivity index (χ2n) is 20.2. The highest BCUT2D eigenvalue weighted by molar-refractivity contribution is 7.39. The lowest BCUT2D eigenvalue weighted by Gasteiger charge is -2.43. The van der Waals surface area contributed by atoms with Crippen LogP contribution in [0.3, 0.4) is 0 Å². The molecule has 2 unspecified atom stereocenters. The number of fused-ring (bicyclic) bond motifs is 1. The minimum atomic E-state index is -2.63. The normalized spacial score (nSPS) is 18.5. The number of hydrogen-bond acceptors (Lipinski definition) is 3. The molecule has 51 heavy (non-hydrogen) atoms. The van der Waals surface area contributed by atoms with Crippen molar-refractivity contribution in [2.45, 2.75) is 220 Å². The van der Waals surface area contributed by atoms with Gasteiger partial charge in [0.25, 0.3) is 0 Å². The molecular weight excluding hydrogens is 643 g/mol. The van der Waals surface area contributed by atoms with E-state index in [2.05, 4.69) is 120 Å². The van der Waals surface area contributed by atoms with Crippen molar-refractivity contribution in [3.63, 3.8) is 0 Å². The quantitative estimate of drug-likeness (QED) is 0.119. The molecule has 3 rings (SSSR count). The fourth-order valence-electron chi connectivity index (χ4n) is 8.44. The predicted molar refractivity (Wildman–Crippen MR) is 223 cm³/mol. The van der Waals surface area contributed by atoms with Crippen LogP contribution in [0.1, 0.15) is 225 Å². The lowest BCUT2D eigenvalue weighted by atomic mass is 9.67. The van der Waals surface area contributed by atoms with E-state index in [0.29, 0.717) is 0 Å². The van der Waals surface area contributed by atoms with Gasteiger partial charge in [0.2, 0.25) is 0 Å². The first-order valence-electron chi connectivity index (χ1n) is 20.8. The van der Waals surface area contributed by atoms with Crippen molar-refractivity contribution < 1.29 is 14.3 Å². The van der Waals surface area contributed by atoms with Crippen LogP contribution >= 0.6 is 8.60 Å². The van der Waals surface area contributed by atoms with Gasteiger partial charge < -0.3 is 9.79 Å². The molecule has 0 aliphatic heterocycles. The molecule has 1 aliphatic carbocycles. The molecule has 290 valence electrons. The summed E-state index contributed by atoms with van der Waals surface area (Å²) >= 11 is 0. The summed E-state index contributed by atoms with van der Waals surface area (Å²) in [6.07, 6.45) is 20.7. The van der Waals surface area contributed by atoms with Gasteiger partial charge in [0.05, 0.1) is 0 Å². The largest absolute Gasteiger partial charge is 0.328 e. The van der Waals surface area contributed by atoms with Gasteiger partial charge in [-0.1, -0.05) is 210 Å². The third kappa shape index (κ3) is 11.9. The maximum absolute atomic E-state index is 10.9. The van der Waals surface area contributed by atoms with E-state index in [1.54, 1.807) is 0 Å². The molecule has 0 bridgehead atoms. The highest BCUT2D eigenvalue weighted by atomic mass is 31.2. The van der Waals surface area contributed by atoms with Gasteiger partial charge >= 0.3 is 8.60 Å². The molecule has 2 atom stereocenters. The van der Waals surface area contributed by atoms with Crippen LogP contribution in [0.4, 0.5) is 0 Å². The number of rotatable bonds is 18. The standard InChI is InChI=1S/C47H79O3P/c1-14-15-16-17-18-19-20-21-22-23-24-25-26-27-28-37-31-35-32-38(44(5,6)7)34-41(46(11,12)13)42(35)47(37,50-51(48)49)39-30-29-36(43(2,3)4)33-40(39)45(8,9)10/h29-30,32-34,37,48-49H,14-28,31H2,1-13H3. The van der Waals surface area contributed by atoms with Crippen molar-refractivity contribution in [1.29, 1.82) is 0 Å². The van der Waals surface area contributed by atoms with Crippen molar-refractivity contribution in [3.8, 4) is 0 Å². The predicted octanol–water partition coefficient (Wildman–Crippen LogP) is 14.4. The van der Waals surface area contributed by atoms with E-state index in [1.165, 1.54) is 117 Å². The highest BCUT2D eigenvalue weighted by Crippen LogP contribution is 2.60. The topological polar surface area (TPSA) is 49.7 Å². The van der Waals surface area contributed by atoms with Crippen LogP contribution in [-0.2, 0) is 38.2 Å². The summed E-state index contributed by atoms with van der Waals surface area (Å²) in [4.78, 5) is 21.9. The summed E-state index contributed by atoms with van der Waals surface area (Å²) in [6.45, 7) is 29.8. The molecule has 0 fully saturated rings. The molecule has 0 spiro atoms. The summed E-state index contributed by atoms with van der Waals surface area (Å²) in [5, 5.41) is 0. The van der Waals surface area contributed by atoms with Gasteiger partial charge in [-0.25, -0.2) is 0 Å². The maximum atomic E-state index is 10.9. The molecule has 0 heterocycles. The summed E-state index contributed by atoms with van der Waals surface area (Å²) < 4.78 is 6.79. The molecule has 2 aromatic rings. The van der Waals surface area contributed by atoms with Crippen LogP contribution in [0.25, 0.3) is 0 Å². The lowest BCUT2D eigenvalue weighted by Crippen LogP contribution is -2.39. The van der Waals surface area contributed by atoms with E-state index in [1.807, 2.05) is 0 Å². The molecule has 0 aromatic heterocycles. The lowest BCUT2D eigenvalue weighted by molar-refractivity contribution is 0.0361. The van der Waals surface area contributed by atoms with Gasteiger partial charge in [0.15, 0.2) is 0 Å². The molecule has 1 aliphatic rings. The fourth-order valence-corrected chi connectivity index (χ4v) is 9.03. The summed E-state index contributed by atoms with van der Waals surface area (Å²) in [6, 6.07) is 11.8. The molecule has 0 saturated heterocycles. The van der Waals surface area contributed by atoms with Gasteiger partial charge in [-0.05, 0) is 73.4 Å². The fraction of sp³-hybridized carbons (Fsp3) is 0.745. The number of unbranched alkanes of at least 4 members (excludes halogenated alkanes) is 13. The van der Waals surface area contributed by atoms with Gasteiger partial charge in [0.1, 0.15) is 5.60 Å². The van der Waals surface area contributed by atoms with Crippen LogP contribution in [0, 0.1) is 5.92 Å². The third-order valence-electron chi connectivity index (χ3n) is 11.5. The Morgan fingerprint density at radius 1 is 0.588 bits per heavy atom. The zero-order chi connectivity index (χ0) is 38.3. The Balaban J connectivity index is 1.98. The van der Waals surface area contributed by atoms with Gasteiger partial charge in [0, 0.05) is 5.92 Å². The average molecular weight is 723 g/mol. The van der Waals surface area contributed by atoms with E-state index < -0.39 is 14.2 Å². The zero-order valence-electron chi connectivity index (χ0n) is 35.5. The SMILES string of the molecule is CCCCCCCCCCCCCCCCC1Cc2cc(C(C)(C)C)cc(C(C)(C)C)c2C1(OP(O)O)c1ccc(C(C)(C)C)cc1C(C)(C)C. The van der Waals surface area contributed by atoms with E-state index in [9.17, 15) is 9.79 Å². The first-order valence-corrected chi connectivity index (χ1v) is 22.0. The minimum Gasteiger partial charge on any atom is -0.328 e. The molecule has 4 heteroatoms. The summed E-state index contributed by atoms with van der Waals surface area (Å²) in [5.74, 6) is 0.104. The average Bonchev–Trinajstić information content (AvgIpc) is 3.31. The van der Waals surface area contributed by atoms with Crippen LogP contribution in [-0.4, -0.2) is 9.79 Å². The Morgan fingerprint density at radius 2 is 1.04 bits per heavy atom. The van der Waals surface area contributed by atoms with Crippen LogP contribution in [0.2, 0.25) is 0 Å². The van der Waals surface area contributed by atoms with Crippen molar-refractivity contribution in [2.75, 3.05) is 0 Å². The molecule has 0 radical (unpaired) electrons. The first kappa shape index (κ1) is 44.1. The van der Waals surface area contributed by atoms with Crippen molar-refractivity contribution >= 4 is 8.60 Å².